The highest BCUT2D eigenvalue weighted by Gasteiger charge is 2.40. The molecule has 1 aliphatic heterocycles. The summed E-state index contributed by atoms with van der Waals surface area (Å²) in [4.78, 5) is 26.2. The Bertz CT molecular complexity index is 926. The predicted octanol–water partition coefficient (Wildman–Crippen LogP) is 2.80. The number of benzene rings is 2. The highest BCUT2D eigenvalue weighted by molar-refractivity contribution is 8.14. The molecule has 0 saturated carbocycles. The summed E-state index contributed by atoms with van der Waals surface area (Å²) >= 11 is 1.05. The third kappa shape index (κ3) is 4.40. The van der Waals surface area contributed by atoms with Crippen LogP contribution in [0.1, 0.15) is 18.9 Å². The molecule has 1 saturated heterocycles. The van der Waals surface area contributed by atoms with Gasteiger partial charge in [0.15, 0.2) is 5.17 Å². The number of hydrogen-bond donors (Lipinski definition) is 1. The largest absolute Gasteiger partial charge is 0.497 e. The molecule has 1 atom stereocenters. The van der Waals surface area contributed by atoms with Crippen LogP contribution in [0.3, 0.4) is 0 Å². The Balaban J connectivity index is 1.69. The summed E-state index contributed by atoms with van der Waals surface area (Å²) in [7, 11) is 1.55. The second-order valence-corrected chi connectivity index (χ2v) is 7.29. The summed E-state index contributed by atoms with van der Waals surface area (Å²) in [5.41, 5.74) is 8.06. The van der Waals surface area contributed by atoms with Crippen molar-refractivity contribution >= 4 is 40.1 Å². The third-order valence-corrected chi connectivity index (χ3v) is 5.16. The lowest BCUT2D eigenvalue weighted by molar-refractivity contribution is -0.121. The highest BCUT2D eigenvalue weighted by atomic mass is 32.2. The summed E-state index contributed by atoms with van der Waals surface area (Å²) in [5.74, 6) is 0.0586. The van der Waals surface area contributed by atoms with Crippen molar-refractivity contribution in [2.45, 2.75) is 18.6 Å². The zero-order valence-electron chi connectivity index (χ0n) is 15.5. The molecule has 2 aromatic rings. The number of imide groups is 1. The van der Waals surface area contributed by atoms with Gasteiger partial charge in [0.2, 0.25) is 11.8 Å². The van der Waals surface area contributed by atoms with Crippen LogP contribution in [-0.2, 0) is 9.59 Å². The maximum atomic E-state index is 12.7. The SMILES string of the molecule is COc1ccc(N2C(=O)CC(SC(N)=NN=C(C)c3ccccc3)C2=O)cc1. The smallest absolute Gasteiger partial charge is 0.247 e. The normalized spacial score (nSPS) is 17.9. The Morgan fingerprint density at radius 3 is 2.43 bits per heavy atom. The van der Waals surface area contributed by atoms with E-state index in [4.69, 9.17) is 10.5 Å². The molecule has 2 N–H and O–H groups in total. The molecule has 0 bridgehead atoms. The van der Waals surface area contributed by atoms with Gasteiger partial charge < -0.3 is 10.5 Å². The molecule has 2 amide bonds. The van der Waals surface area contributed by atoms with Crippen LogP contribution in [0.5, 0.6) is 5.75 Å². The zero-order chi connectivity index (χ0) is 20.1. The van der Waals surface area contributed by atoms with E-state index in [-0.39, 0.29) is 23.4 Å². The molecule has 1 unspecified atom stereocenters. The van der Waals surface area contributed by atoms with Crippen molar-refractivity contribution in [1.82, 2.24) is 0 Å². The summed E-state index contributed by atoms with van der Waals surface area (Å²) in [6.07, 6.45) is 0.0626. The molecule has 144 valence electrons. The minimum atomic E-state index is -0.620. The van der Waals surface area contributed by atoms with Gasteiger partial charge in [-0.15, -0.1) is 5.10 Å². The quantitative estimate of drug-likeness (QED) is 0.363. The van der Waals surface area contributed by atoms with E-state index in [1.807, 2.05) is 37.3 Å². The Labute approximate surface area is 167 Å². The number of carbonyl (C=O) groups is 2. The summed E-state index contributed by atoms with van der Waals surface area (Å²) < 4.78 is 5.10. The Kier molecular flexibility index (Phi) is 6.10. The molecule has 0 radical (unpaired) electrons. The monoisotopic (exact) mass is 396 g/mol. The van der Waals surface area contributed by atoms with Gasteiger partial charge in [-0.2, -0.15) is 5.10 Å². The number of nitrogens with zero attached hydrogens (tertiary/aromatic N) is 3. The minimum absolute atomic E-state index is 0.0626. The second-order valence-electron chi connectivity index (χ2n) is 6.07. The molecule has 1 aliphatic rings. The van der Waals surface area contributed by atoms with Gasteiger partial charge in [0, 0.05) is 6.42 Å². The molecule has 0 aromatic heterocycles. The summed E-state index contributed by atoms with van der Waals surface area (Å²) in [5, 5.41) is 7.62. The number of carbonyl (C=O) groups excluding carboxylic acids is 2. The average molecular weight is 396 g/mol. The van der Waals surface area contributed by atoms with Gasteiger partial charge in [-0.25, -0.2) is 4.90 Å². The minimum Gasteiger partial charge on any atom is -0.497 e. The maximum Gasteiger partial charge on any atom is 0.247 e. The zero-order valence-corrected chi connectivity index (χ0v) is 16.3. The van der Waals surface area contributed by atoms with Gasteiger partial charge in [-0.3, -0.25) is 9.59 Å². The molecule has 28 heavy (non-hydrogen) atoms. The first-order valence-corrected chi connectivity index (χ1v) is 9.48. The van der Waals surface area contributed by atoms with E-state index in [0.717, 1.165) is 17.3 Å². The lowest BCUT2D eigenvalue weighted by atomic mass is 10.1. The number of anilines is 1. The summed E-state index contributed by atoms with van der Waals surface area (Å²) in [6, 6.07) is 16.3. The molecule has 7 nitrogen and oxygen atoms in total. The predicted molar refractivity (Wildman–Crippen MR) is 112 cm³/mol. The average Bonchev–Trinajstić information content (AvgIpc) is 2.99. The number of hydrogen-bond acceptors (Lipinski definition) is 6. The fourth-order valence-electron chi connectivity index (χ4n) is 2.73. The van der Waals surface area contributed by atoms with Crippen molar-refractivity contribution in [3.63, 3.8) is 0 Å². The standard InChI is InChI=1S/C20H20N4O3S/c1-13(14-6-4-3-5-7-14)22-23-20(21)28-17-12-18(25)24(19(17)26)15-8-10-16(27-2)11-9-15/h3-11,17H,12H2,1-2H3,(H2,21,23). The molecule has 1 fully saturated rings. The van der Waals surface area contributed by atoms with Crippen LogP contribution in [0.4, 0.5) is 5.69 Å². The van der Waals surface area contributed by atoms with Crippen molar-refractivity contribution in [2.75, 3.05) is 12.0 Å². The van der Waals surface area contributed by atoms with Gasteiger partial charge in [0.05, 0.1) is 18.5 Å². The van der Waals surface area contributed by atoms with Crippen LogP contribution in [0.15, 0.2) is 64.8 Å². The molecule has 3 rings (SSSR count). The van der Waals surface area contributed by atoms with Crippen LogP contribution in [0.25, 0.3) is 0 Å². The maximum absolute atomic E-state index is 12.7. The van der Waals surface area contributed by atoms with Crippen LogP contribution in [0, 0.1) is 0 Å². The van der Waals surface area contributed by atoms with Crippen molar-refractivity contribution in [1.29, 1.82) is 0 Å². The first kappa shape index (κ1) is 19.6. The number of ether oxygens (including phenoxy) is 1. The van der Waals surface area contributed by atoms with Crippen molar-refractivity contribution in [2.24, 2.45) is 15.9 Å². The molecular formula is C20H20N4O3S. The van der Waals surface area contributed by atoms with E-state index < -0.39 is 5.25 Å². The Morgan fingerprint density at radius 1 is 1.11 bits per heavy atom. The molecule has 1 heterocycles. The molecule has 2 aromatic carbocycles. The number of amides is 2. The number of nitrogens with two attached hydrogens (primary N) is 1. The fraction of sp³-hybridized carbons (Fsp3) is 0.200. The number of methoxy groups -OCH3 is 1. The third-order valence-electron chi connectivity index (χ3n) is 4.19. The fourth-order valence-corrected chi connectivity index (χ4v) is 3.54. The van der Waals surface area contributed by atoms with Crippen molar-refractivity contribution < 1.29 is 14.3 Å². The molecule has 8 heteroatoms. The number of thioether (sulfide) groups is 1. The van der Waals surface area contributed by atoms with E-state index >= 15 is 0 Å². The van der Waals surface area contributed by atoms with Crippen molar-refractivity contribution in [3.8, 4) is 5.75 Å². The van der Waals surface area contributed by atoms with Gasteiger partial charge in [-0.05, 0) is 36.8 Å². The van der Waals surface area contributed by atoms with Gasteiger partial charge in [0.1, 0.15) is 11.0 Å². The highest BCUT2D eigenvalue weighted by Crippen LogP contribution is 2.30. The van der Waals surface area contributed by atoms with Gasteiger partial charge >= 0.3 is 0 Å². The summed E-state index contributed by atoms with van der Waals surface area (Å²) in [6.45, 7) is 1.83. The van der Waals surface area contributed by atoms with Crippen LogP contribution < -0.4 is 15.4 Å². The van der Waals surface area contributed by atoms with Crippen LogP contribution in [-0.4, -0.2) is 35.1 Å². The lowest BCUT2D eigenvalue weighted by Gasteiger charge is -2.15. The molecule has 0 spiro atoms. The number of amidine groups is 1. The first-order chi connectivity index (χ1) is 13.5. The Morgan fingerprint density at radius 2 is 1.79 bits per heavy atom. The van der Waals surface area contributed by atoms with E-state index in [1.165, 1.54) is 4.90 Å². The number of rotatable bonds is 5. The first-order valence-electron chi connectivity index (χ1n) is 8.60. The molecule has 0 aliphatic carbocycles. The van der Waals surface area contributed by atoms with E-state index in [1.54, 1.807) is 31.4 Å². The second kappa shape index (κ2) is 8.71. The van der Waals surface area contributed by atoms with Crippen LogP contribution >= 0.6 is 11.8 Å². The van der Waals surface area contributed by atoms with Crippen LogP contribution in [0.2, 0.25) is 0 Å². The molecular weight excluding hydrogens is 376 g/mol. The lowest BCUT2D eigenvalue weighted by Crippen LogP contribution is -2.31. The van der Waals surface area contributed by atoms with Gasteiger partial charge in [0.25, 0.3) is 0 Å². The van der Waals surface area contributed by atoms with E-state index in [2.05, 4.69) is 10.2 Å². The van der Waals surface area contributed by atoms with E-state index in [9.17, 15) is 9.59 Å². The van der Waals surface area contributed by atoms with Gasteiger partial charge in [-0.1, -0.05) is 42.1 Å². The topological polar surface area (TPSA) is 97.3 Å². The Hall–Kier alpha value is -3.13. The van der Waals surface area contributed by atoms with E-state index in [0.29, 0.717) is 17.1 Å². The van der Waals surface area contributed by atoms with Crippen molar-refractivity contribution in [3.05, 3.63) is 60.2 Å².